The molecule has 0 spiro atoms. The smallest absolute Gasteiger partial charge is 0.342 e. The second kappa shape index (κ2) is 5.67. The number of esters is 1. The lowest BCUT2D eigenvalue weighted by Crippen LogP contribution is -2.08. The quantitative estimate of drug-likeness (QED) is 0.806. The van der Waals surface area contributed by atoms with Crippen LogP contribution in [0.5, 0.6) is 0 Å². The summed E-state index contributed by atoms with van der Waals surface area (Å²) in [6, 6.07) is 5.46. The second-order valence-electron chi connectivity index (χ2n) is 3.84. The lowest BCUT2D eigenvalue weighted by molar-refractivity contribution is 0.0545. The molecular weight excluding hydrogens is 266 g/mol. The minimum Gasteiger partial charge on any atom is -0.456 e. The van der Waals surface area contributed by atoms with Crippen LogP contribution in [-0.4, -0.2) is 27.3 Å². The van der Waals surface area contributed by atoms with E-state index in [1.54, 1.807) is 23.9 Å². The second-order valence-corrected chi connectivity index (χ2v) is 4.37. The first-order chi connectivity index (χ1) is 9.09. The molecule has 5 nitrogen and oxygen atoms in total. The largest absolute Gasteiger partial charge is 0.456 e. The van der Waals surface area contributed by atoms with Crippen molar-refractivity contribution in [1.82, 2.24) is 14.8 Å². The highest BCUT2D eigenvalue weighted by Gasteiger charge is 2.16. The van der Waals surface area contributed by atoms with Crippen LogP contribution in [0.3, 0.4) is 0 Å². The normalized spacial score (nSPS) is 10.2. The van der Waals surface area contributed by atoms with Crippen molar-refractivity contribution in [3.05, 3.63) is 53.5 Å². The van der Waals surface area contributed by atoms with Crippen molar-refractivity contribution in [2.24, 2.45) is 0 Å². The number of pyridine rings is 1. The lowest BCUT2D eigenvalue weighted by Gasteiger charge is -2.04. The summed E-state index contributed by atoms with van der Waals surface area (Å²) >= 11 is 5.55. The topological polar surface area (TPSA) is 57.0 Å². The molecule has 2 aromatic rings. The molecule has 0 aliphatic heterocycles. The molecule has 0 aromatic carbocycles. The summed E-state index contributed by atoms with van der Waals surface area (Å²) in [6.07, 6.45) is 3.11. The van der Waals surface area contributed by atoms with E-state index in [0.29, 0.717) is 17.1 Å². The van der Waals surface area contributed by atoms with Crippen LogP contribution in [0, 0.1) is 6.92 Å². The molecule has 0 N–H and O–H groups in total. The minimum atomic E-state index is -0.485. The van der Waals surface area contributed by atoms with Crippen molar-refractivity contribution in [2.45, 2.75) is 6.92 Å². The SMILES string of the molecule is C=C(Cl)COC(=O)c1cnn(-c2ccccn2)c1C. The van der Waals surface area contributed by atoms with Gasteiger partial charge in [-0.25, -0.2) is 14.5 Å². The zero-order valence-electron chi connectivity index (χ0n) is 10.3. The number of rotatable bonds is 4. The third-order valence-electron chi connectivity index (χ3n) is 2.46. The molecule has 0 atom stereocenters. The molecule has 0 amide bonds. The van der Waals surface area contributed by atoms with Gasteiger partial charge in [-0.15, -0.1) is 0 Å². The molecule has 2 rings (SSSR count). The van der Waals surface area contributed by atoms with E-state index in [9.17, 15) is 4.79 Å². The monoisotopic (exact) mass is 277 g/mol. The summed E-state index contributed by atoms with van der Waals surface area (Å²) in [5.41, 5.74) is 1.03. The van der Waals surface area contributed by atoms with E-state index in [1.807, 2.05) is 12.1 Å². The van der Waals surface area contributed by atoms with Gasteiger partial charge in [0.15, 0.2) is 5.82 Å². The van der Waals surface area contributed by atoms with E-state index in [0.717, 1.165) is 0 Å². The van der Waals surface area contributed by atoms with Gasteiger partial charge in [0, 0.05) is 11.2 Å². The van der Waals surface area contributed by atoms with Crippen molar-refractivity contribution >= 4 is 17.6 Å². The summed E-state index contributed by atoms with van der Waals surface area (Å²) in [5.74, 6) is 0.155. The Morgan fingerprint density at radius 3 is 2.95 bits per heavy atom. The predicted octanol–water partition coefficient (Wildman–Crippen LogP) is 2.49. The molecule has 0 aliphatic carbocycles. The van der Waals surface area contributed by atoms with Gasteiger partial charge in [-0.05, 0) is 19.1 Å². The Labute approximate surface area is 115 Å². The maximum Gasteiger partial charge on any atom is 0.342 e. The van der Waals surface area contributed by atoms with Gasteiger partial charge >= 0.3 is 5.97 Å². The third-order valence-corrected chi connectivity index (χ3v) is 2.56. The average Bonchev–Trinajstić information content (AvgIpc) is 2.79. The fourth-order valence-electron chi connectivity index (χ4n) is 1.54. The van der Waals surface area contributed by atoms with E-state index < -0.39 is 5.97 Å². The Hall–Kier alpha value is -2.14. The van der Waals surface area contributed by atoms with E-state index in [4.69, 9.17) is 16.3 Å². The standard InChI is InChI=1S/C13H12ClN3O2/c1-9(14)8-19-13(18)11-7-16-17(10(11)2)12-5-3-4-6-15-12/h3-7H,1,8H2,2H3. The Bertz CT molecular complexity index is 608. The van der Waals surface area contributed by atoms with Crippen molar-refractivity contribution in [2.75, 3.05) is 6.61 Å². The Balaban J connectivity index is 2.24. The fourth-order valence-corrected chi connectivity index (χ4v) is 1.60. The van der Waals surface area contributed by atoms with Crippen molar-refractivity contribution in [1.29, 1.82) is 0 Å². The molecule has 0 saturated heterocycles. The van der Waals surface area contributed by atoms with Crippen LogP contribution in [0.25, 0.3) is 5.82 Å². The van der Waals surface area contributed by atoms with Gasteiger partial charge in [0.05, 0.1) is 11.9 Å². The van der Waals surface area contributed by atoms with Crippen molar-refractivity contribution < 1.29 is 9.53 Å². The number of ether oxygens (including phenoxy) is 1. The molecule has 0 unspecified atom stereocenters. The Morgan fingerprint density at radius 2 is 2.32 bits per heavy atom. The highest BCUT2D eigenvalue weighted by molar-refractivity contribution is 6.29. The summed E-state index contributed by atoms with van der Waals surface area (Å²) < 4.78 is 6.55. The molecule has 0 fully saturated rings. The predicted molar refractivity (Wildman–Crippen MR) is 71.4 cm³/mol. The summed E-state index contributed by atoms with van der Waals surface area (Å²) in [5, 5.41) is 4.40. The van der Waals surface area contributed by atoms with Crippen LogP contribution < -0.4 is 0 Å². The molecule has 2 heterocycles. The van der Waals surface area contributed by atoms with Crippen molar-refractivity contribution in [3.8, 4) is 5.82 Å². The van der Waals surface area contributed by atoms with Crippen LogP contribution in [0.1, 0.15) is 16.1 Å². The number of carbonyl (C=O) groups excluding carboxylic acids is 1. The summed E-state index contributed by atoms with van der Waals surface area (Å²) in [6.45, 7) is 5.21. The number of hydrogen-bond donors (Lipinski definition) is 0. The minimum absolute atomic E-state index is 0.0193. The first-order valence-electron chi connectivity index (χ1n) is 5.56. The molecular formula is C13H12ClN3O2. The van der Waals surface area contributed by atoms with Gasteiger partial charge in [-0.3, -0.25) is 0 Å². The first kappa shape index (κ1) is 13.3. The number of aromatic nitrogens is 3. The van der Waals surface area contributed by atoms with Gasteiger partial charge < -0.3 is 4.74 Å². The van der Waals surface area contributed by atoms with Gasteiger partial charge in [0.1, 0.15) is 12.2 Å². The van der Waals surface area contributed by atoms with Crippen LogP contribution in [-0.2, 0) is 4.74 Å². The highest BCUT2D eigenvalue weighted by atomic mass is 35.5. The van der Waals surface area contributed by atoms with Crippen LogP contribution >= 0.6 is 11.6 Å². The third kappa shape index (κ3) is 3.00. The van der Waals surface area contributed by atoms with E-state index in [2.05, 4.69) is 16.7 Å². The average molecular weight is 278 g/mol. The van der Waals surface area contributed by atoms with Gasteiger partial charge in [-0.2, -0.15) is 5.10 Å². The number of carbonyl (C=O) groups is 1. The molecule has 0 saturated carbocycles. The number of hydrogen-bond acceptors (Lipinski definition) is 4. The van der Waals surface area contributed by atoms with E-state index in [-0.39, 0.29) is 11.6 Å². The summed E-state index contributed by atoms with van der Waals surface area (Å²) in [4.78, 5) is 16.0. The molecule has 0 radical (unpaired) electrons. The molecule has 0 bridgehead atoms. The van der Waals surface area contributed by atoms with Gasteiger partial charge in [0.25, 0.3) is 0 Å². The van der Waals surface area contributed by atoms with E-state index >= 15 is 0 Å². The van der Waals surface area contributed by atoms with Gasteiger partial charge in [0.2, 0.25) is 0 Å². The van der Waals surface area contributed by atoms with Crippen molar-refractivity contribution in [3.63, 3.8) is 0 Å². The first-order valence-corrected chi connectivity index (χ1v) is 5.94. The highest BCUT2D eigenvalue weighted by Crippen LogP contribution is 2.13. The lowest BCUT2D eigenvalue weighted by atomic mass is 10.2. The fraction of sp³-hybridized carbons (Fsp3) is 0.154. The zero-order valence-corrected chi connectivity index (χ0v) is 11.1. The number of nitrogens with zero attached hydrogens (tertiary/aromatic N) is 3. The molecule has 98 valence electrons. The molecule has 6 heteroatoms. The Kier molecular flexibility index (Phi) is 3.97. The zero-order chi connectivity index (χ0) is 13.8. The molecule has 19 heavy (non-hydrogen) atoms. The number of halogens is 1. The van der Waals surface area contributed by atoms with Crippen LogP contribution in [0.2, 0.25) is 0 Å². The van der Waals surface area contributed by atoms with Crippen LogP contribution in [0.15, 0.2) is 42.2 Å². The maximum atomic E-state index is 11.8. The van der Waals surface area contributed by atoms with E-state index in [1.165, 1.54) is 6.20 Å². The molecule has 2 aromatic heterocycles. The molecule has 0 aliphatic rings. The summed E-state index contributed by atoms with van der Waals surface area (Å²) in [7, 11) is 0. The van der Waals surface area contributed by atoms with Gasteiger partial charge in [-0.1, -0.05) is 24.2 Å². The Morgan fingerprint density at radius 1 is 1.53 bits per heavy atom. The maximum absolute atomic E-state index is 11.8. The van der Waals surface area contributed by atoms with Crippen LogP contribution in [0.4, 0.5) is 0 Å².